The summed E-state index contributed by atoms with van der Waals surface area (Å²) < 4.78 is 39.2. The van der Waals surface area contributed by atoms with Gasteiger partial charge in [0.05, 0.1) is 16.5 Å². The van der Waals surface area contributed by atoms with E-state index >= 15 is 0 Å². The van der Waals surface area contributed by atoms with Gasteiger partial charge >= 0.3 is 6.18 Å². The third-order valence-corrected chi connectivity index (χ3v) is 5.05. The average molecular weight is 388 g/mol. The first-order valence-corrected chi connectivity index (χ1v) is 8.01. The van der Waals surface area contributed by atoms with Crippen molar-refractivity contribution in [2.24, 2.45) is 5.73 Å². The minimum absolute atomic E-state index is 0. The summed E-state index contributed by atoms with van der Waals surface area (Å²) in [6.07, 6.45) is -2.41. The van der Waals surface area contributed by atoms with Crippen LogP contribution in [-0.2, 0) is 12.6 Å². The second-order valence-corrected chi connectivity index (χ2v) is 7.38. The van der Waals surface area contributed by atoms with Crippen molar-refractivity contribution in [3.05, 3.63) is 33.7 Å². The van der Waals surface area contributed by atoms with Gasteiger partial charge in [0.1, 0.15) is 0 Å². The Morgan fingerprint density at radius 2 is 1.96 bits per heavy atom. The van der Waals surface area contributed by atoms with Crippen molar-refractivity contribution in [3.8, 4) is 0 Å². The molecule has 0 spiro atoms. The van der Waals surface area contributed by atoms with Crippen LogP contribution in [0.15, 0.2) is 18.2 Å². The summed E-state index contributed by atoms with van der Waals surface area (Å²) in [5.74, 6) is 0. The van der Waals surface area contributed by atoms with Crippen molar-refractivity contribution in [2.75, 3.05) is 6.61 Å². The summed E-state index contributed by atoms with van der Waals surface area (Å²) >= 11 is 7.33. The van der Waals surface area contributed by atoms with Crippen LogP contribution in [0.4, 0.5) is 13.2 Å². The number of benzene rings is 1. The van der Waals surface area contributed by atoms with Gasteiger partial charge in [-0.15, -0.1) is 23.7 Å². The Hall–Kier alpha value is -0.530. The molecular weight excluding hydrogens is 370 g/mol. The summed E-state index contributed by atoms with van der Waals surface area (Å²) in [5, 5.41) is 9.88. The number of halogens is 5. The molecule has 1 heterocycles. The van der Waals surface area contributed by atoms with Crippen LogP contribution in [0.3, 0.4) is 0 Å². The van der Waals surface area contributed by atoms with Gasteiger partial charge in [-0.3, -0.25) is 0 Å². The topological polar surface area (TPSA) is 46.2 Å². The first kappa shape index (κ1) is 20.5. The molecule has 8 heteroatoms. The van der Waals surface area contributed by atoms with E-state index < -0.39 is 17.3 Å². The molecule has 0 amide bonds. The molecule has 0 fully saturated rings. The van der Waals surface area contributed by atoms with Gasteiger partial charge in [-0.05, 0) is 49.3 Å². The van der Waals surface area contributed by atoms with Crippen molar-refractivity contribution < 1.29 is 18.3 Å². The monoisotopic (exact) mass is 387 g/mol. The van der Waals surface area contributed by atoms with Crippen molar-refractivity contribution in [1.82, 2.24) is 0 Å². The molecule has 1 aromatic carbocycles. The number of fused-ring (bicyclic) bond motifs is 1. The lowest BCUT2D eigenvalue weighted by atomic mass is 9.95. The fourth-order valence-corrected chi connectivity index (χ4v) is 3.74. The molecule has 3 N–H and O–H groups in total. The molecule has 2 rings (SSSR count). The lowest BCUT2D eigenvalue weighted by molar-refractivity contribution is -0.137. The van der Waals surface area contributed by atoms with Gasteiger partial charge in [0.15, 0.2) is 0 Å². The van der Waals surface area contributed by atoms with E-state index in [1.807, 2.05) is 0 Å². The third-order valence-electron chi connectivity index (χ3n) is 3.61. The number of rotatable bonds is 5. The molecule has 23 heavy (non-hydrogen) atoms. The lowest BCUT2D eigenvalue weighted by Gasteiger charge is -2.21. The van der Waals surface area contributed by atoms with Crippen LogP contribution >= 0.6 is 35.3 Å². The fourth-order valence-electron chi connectivity index (χ4n) is 2.28. The number of alkyl halides is 3. The molecule has 0 saturated carbocycles. The molecule has 2 aromatic rings. The predicted octanol–water partition coefficient (Wildman–Crippen LogP) is 5.03. The van der Waals surface area contributed by atoms with E-state index in [-0.39, 0.29) is 19.0 Å². The summed E-state index contributed by atoms with van der Waals surface area (Å²) in [7, 11) is 0. The molecule has 1 aromatic heterocycles. The molecule has 130 valence electrons. The van der Waals surface area contributed by atoms with Gasteiger partial charge in [0, 0.05) is 10.2 Å². The smallest absolute Gasteiger partial charge is 0.394 e. The Morgan fingerprint density at radius 1 is 1.30 bits per heavy atom. The van der Waals surface area contributed by atoms with Crippen LogP contribution in [0.5, 0.6) is 0 Å². The molecule has 0 unspecified atom stereocenters. The Kier molecular flexibility index (Phi) is 6.75. The van der Waals surface area contributed by atoms with Gasteiger partial charge < -0.3 is 10.8 Å². The van der Waals surface area contributed by atoms with E-state index in [0.717, 1.165) is 34.4 Å². The number of aliphatic hydroxyl groups excluding tert-OH is 1. The number of aryl methyl sites for hydroxylation is 1. The molecule has 1 atom stereocenters. The zero-order valence-corrected chi connectivity index (χ0v) is 14.8. The maximum absolute atomic E-state index is 12.7. The van der Waals surface area contributed by atoms with E-state index in [1.165, 1.54) is 6.07 Å². The molecule has 2 nitrogen and oxygen atoms in total. The van der Waals surface area contributed by atoms with Crippen molar-refractivity contribution >= 4 is 45.4 Å². The Bertz CT molecular complexity index is 671. The summed E-state index contributed by atoms with van der Waals surface area (Å²) in [5.41, 5.74) is 5.40. The SMILES string of the molecule is C[C@](N)(CO)CCCc1c(Cl)sc2cc(C(F)(F)F)ccc12.Cl. The van der Waals surface area contributed by atoms with Crippen LogP contribution in [0.1, 0.15) is 30.9 Å². The normalized spacial score (nSPS) is 14.6. The summed E-state index contributed by atoms with van der Waals surface area (Å²) in [6, 6.07) is 3.69. The highest BCUT2D eigenvalue weighted by molar-refractivity contribution is 7.22. The quantitative estimate of drug-likeness (QED) is 0.755. The largest absolute Gasteiger partial charge is 0.416 e. The van der Waals surface area contributed by atoms with E-state index in [4.69, 9.17) is 22.4 Å². The minimum atomic E-state index is -4.35. The van der Waals surface area contributed by atoms with E-state index in [0.29, 0.717) is 28.3 Å². The molecule has 0 bridgehead atoms. The molecule has 0 radical (unpaired) electrons. The number of hydrogen-bond acceptors (Lipinski definition) is 3. The second kappa shape index (κ2) is 7.57. The Labute approximate surface area is 147 Å². The van der Waals surface area contributed by atoms with Crippen molar-refractivity contribution in [3.63, 3.8) is 0 Å². The molecular formula is C15H18Cl2F3NOS. The van der Waals surface area contributed by atoms with Gasteiger partial charge in [0.25, 0.3) is 0 Å². The standard InChI is InChI=1S/C15H17ClF3NOS.ClH/c1-14(20,8-21)6-2-3-11-10-5-4-9(15(17,18)19)7-12(10)22-13(11)16;/h4-5,7,21H,2-3,6,8,20H2,1H3;1H/t14-;/m1./s1. The molecule has 0 aliphatic rings. The summed E-state index contributed by atoms with van der Waals surface area (Å²) in [6.45, 7) is 1.65. The van der Waals surface area contributed by atoms with Crippen molar-refractivity contribution in [2.45, 2.75) is 37.9 Å². The Morgan fingerprint density at radius 3 is 2.52 bits per heavy atom. The van der Waals surface area contributed by atoms with E-state index in [2.05, 4.69) is 0 Å². The van der Waals surface area contributed by atoms with Gasteiger partial charge in [-0.1, -0.05) is 17.7 Å². The maximum atomic E-state index is 12.7. The fraction of sp³-hybridized carbons (Fsp3) is 0.467. The van der Waals surface area contributed by atoms with Gasteiger partial charge in [0.2, 0.25) is 0 Å². The zero-order valence-electron chi connectivity index (χ0n) is 12.4. The van der Waals surface area contributed by atoms with Gasteiger partial charge in [-0.25, -0.2) is 0 Å². The first-order chi connectivity index (χ1) is 10.1. The highest BCUT2D eigenvalue weighted by Gasteiger charge is 2.31. The highest BCUT2D eigenvalue weighted by Crippen LogP contribution is 2.39. The van der Waals surface area contributed by atoms with E-state index in [1.54, 1.807) is 6.92 Å². The van der Waals surface area contributed by atoms with Crippen LogP contribution < -0.4 is 5.73 Å². The summed E-state index contributed by atoms with van der Waals surface area (Å²) in [4.78, 5) is 0. The highest BCUT2D eigenvalue weighted by atomic mass is 35.5. The van der Waals surface area contributed by atoms with E-state index in [9.17, 15) is 13.2 Å². The van der Waals surface area contributed by atoms with Crippen LogP contribution in [-0.4, -0.2) is 17.3 Å². The second-order valence-electron chi connectivity index (χ2n) is 5.73. The first-order valence-electron chi connectivity index (χ1n) is 6.82. The Balaban J connectivity index is 0.00000264. The van der Waals surface area contributed by atoms with Crippen LogP contribution in [0, 0.1) is 0 Å². The average Bonchev–Trinajstić information content (AvgIpc) is 2.73. The van der Waals surface area contributed by atoms with Crippen LogP contribution in [0.25, 0.3) is 10.1 Å². The minimum Gasteiger partial charge on any atom is -0.394 e. The van der Waals surface area contributed by atoms with Gasteiger partial charge in [-0.2, -0.15) is 13.2 Å². The molecule has 0 aliphatic carbocycles. The lowest BCUT2D eigenvalue weighted by Crippen LogP contribution is -2.40. The predicted molar refractivity (Wildman–Crippen MR) is 91.7 cm³/mol. The molecule has 0 saturated heterocycles. The number of thiophene rings is 1. The molecule has 0 aliphatic heterocycles. The third kappa shape index (κ3) is 4.97. The number of aliphatic hydroxyl groups is 1. The van der Waals surface area contributed by atoms with Crippen molar-refractivity contribution in [1.29, 1.82) is 0 Å². The maximum Gasteiger partial charge on any atom is 0.416 e. The number of hydrogen-bond donors (Lipinski definition) is 2. The van der Waals surface area contributed by atoms with Crippen LogP contribution in [0.2, 0.25) is 4.34 Å². The zero-order chi connectivity index (χ0) is 16.5. The number of nitrogens with two attached hydrogens (primary N) is 1.